The number of nitrogens with one attached hydrogen (secondary N) is 1. The fourth-order valence-electron chi connectivity index (χ4n) is 2.96. The van der Waals surface area contributed by atoms with Crippen molar-refractivity contribution in [1.82, 2.24) is 15.0 Å². The van der Waals surface area contributed by atoms with E-state index in [1.54, 1.807) is 31.5 Å². The van der Waals surface area contributed by atoms with E-state index in [2.05, 4.69) is 15.0 Å². The van der Waals surface area contributed by atoms with Gasteiger partial charge in [-0.2, -0.15) is 0 Å². The van der Waals surface area contributed by atoms with Crippen LogP contribution in [0.1, 0.15) is 19.0 Å². The molecule has 0 bridgehead atoms. The summed E-state index contributed by atoms with van der Waals surface area (Å²) in [5, 5.41) is 0. The Morgan fingerprint density at radius 1 is 1.14 bits per heavy atom. The maximum absolute atomic E-state index is 13.3. The van der Waals surface area contributed by atoms with E-state index < -0.39 is 17.6 Å². The number of H-pyrrole nitrogens is 1. The lowest BCUT2D eigenvalue weighted by Crippen LogP contribution is -2.46. The van der Waals surface area contributed by atoms with Crippen LogP contribution in [-0.4, -0.2) is 34.1 Å². The molecule has 7 nitrogen and oxygen atoms in total. The van der Waals surface area contributed by atoms with Gasteiger partial charge in [0.05, 0.1) is 30.0 Å². The van der Waals surface area contributed by atoms with Gasteiger partial charge in [-0.15, -0.1) is 0 Å². The molecule has 144 valence electrons. The molecule has 0 radical (unpaired) electrons. The Balaban J connectivity index is 1.70. The van der Waals surface area contributed by atoms with E-state index in [1.807, 2.05) is 12.1 Å². The molecule has 0 saturated carbocycles. The standard InChI is InChI=1S/C20H19FN4O3/c1-20(19(22)26)10-27-18(28-11-20)17-24-15(12-2-4-14(21)5-3-12)16(25-17)13-6-8-23-9-7-13/h2-9,18H,10-11H2,1H3,(H2,22,26)(H,24,25). The van der Waals surface area contributed by atoms with Crippen molar-refractivity contribution in [1.29, 1.82) is 0 Å². The lowest BCUT2D eigenvalue weighted by Gasteiger charge is -2.34. The summed E-state index contributed by atoms with van der Waals surface area (Å²) in [6, 6.07) is 9.77. The van der Waals surface area contributed by atoms with Gasteiger partial charge in [-0.05, 0) is 43.3 Å². The number of hydrogen-bond donors (Lipinski definition) is 2. The van der Waals surface area contributed by atoms with Crippen molar-refractivity contribution in [2.45, 2.75) is 13.2 Å². The van der Waals surface area contributed by atoms with Crippen molar-refractivity contribution in [3.63, 3.8) is 0 Å². The third kappa shape index (κ3) is 3.39. The molecule has 0 unspecified atom stereocenters. The van der Waals surface area contributed by atoms with E-state index in [9.17, 15) is 9.18 Å². The smallest absolute Gasteiger partial charge is 0.228 e. The summed E-state index contributed by atoms with van der Waals surface area (Å²) in [7, 11) is 0. The normalized spacial score (nSPS) is 22.1. The Hall–Kier alpha value is -3.10. The second kappa shape index (κ2) is 7.14. The number of imidazole rings is 1. The Kier molecular flexibility index (Phi) is 4.66. The summed E-state index contributed by atoms with van der Waals surface area (Å²) in [5.41, 5.74) is 7.52. The molecule has 3 N–H and O–H groups in total. The van der Waals surface area contributed by atoms with Gasteiger partial charge >= 0.3 is 0 Å². The molecule has 0 aliphatic carbocycles. The molecule has 3 heterocycles. The number of nitrogens with zero attached hydrogens (tertiary/aromatic N) is 2. The molecule has 28 heavy (non-hydrogen) atoms. The third-order valence-corrected chi connectivity index (χ3v) is 4.73. The summed E-state index contributed by atoms with van der Waals surface area (Å²) >= 11 is 0. The number of hydrogen-bond acceptors (Lipinski definition) is 5. The van der Waals surface area contributed by atoms with E-state index >= 15 is 0 Å². The van der Waals surface area contributed by atoms with Gasteiger partial charge < -0.3 is 20.2 Å². The fraction of sp³-hybridized carbons (Fsp3) is 0.250. The Morgan fingerprint density at radius 3 is 2.39 bits per heavy atom. The van der Waals surface area contributed by atoms with Crippen molar-refractivity contribution in [2.24, 2.45) is 11.1 Å². The molecule has 3 aromatic rings. The molecule has 4 rings (SSSR count). The predicted molar refractivity (Wildman–Crippen MR) is 99.2 cm³/mol. The van der Waals surface area contributed by atoms with E-state index in [0.29, 0.717) is 11.5 Å². The number of benzene rings is 1. The van der Waals surface area contributed by atoms with Gasteiger partial charge in [0.15, 0.2) is 5.82 Å². The minimum Gasteiger partial charge on any atom is -0.369 e. The SMILES string of the molecule is CC1(C(N)=O)COC(c2nc(-c3ccc(F)cc3)c(-c3ccncc3)[nH]2)OC1. The molecule has 1 saturated heterocycles. The van der Waals surface area contributed by atoms with E-state index in [0.717, 1.165) is 16.8 Å². The van der Waals surface area contributed by atoms with Crippen LogP contribution in [0.5, 0.6) is 0 Å². The number of rotatable bonds is 4. The van der Waals surface area contributed by atoms with Gasteiger partial charge in [-0.3, -0.25) is 9.78 Å². The van der Waals surface area contributed by atoms with Crippen LogP contribution in [0.3, 0.4) is 0 Å². The number of halogens is 1. The monoisotopic (exact) mass is 382 g/mol. The lowest BCUT2D eigenvalue weighted by atomic mass is 9.91. The van der Waals surface area contributed by atoms with Crippen LogP contribution in [0, 0.1) is 11.2 Å². The van der Waals surface area contributed by atoms with E-state index in [-0.39, 0.29) is 19.0 Å². The average molecular weight is 382 g/mol. The van der Waals surface area contributed by atoms with Crippen LogP contribution in [0.25, 0.3) is 22.5 Å². The number of pyridine rings is 1. The van der Waals surface area contributed by atoms with Crippen molar-refractivity contribution in [3.05, 3.63) is 60.4 Å². The lowest BCUT2D eigenvalue weighted by molar-refractivity contribution is -0.230. The van der Waals surface area contributed by atoms with Gasteiger partial charge in [0.25, 0.3) is 0 Å². The van der Waals surface area contributed by atoms with Crippen LogP contribution in [0.2, 0.25) is 0 Å². The summed E-state index contributed by atoms with van der Waals surface area (Å²) < 4.78 is 24.8. The molecule has 8 heteroatoms. The van der Waals surface area contributed by atoms with Gasteiger partial charge in [0.2, 0.25) is 12.2 Å². The molecule has 1 fully saturated rings. The summed E-state index contributed by atoms with van der Waals surface area (Å²) in [6.45, 7) is 1.95. The Labute approximate surface area is 160 Å². The number of ether oxygens (including phenoxy) is 2. The number of nitrogens with two attached hydrogens (primary N) is 1. The molecule has 0 atom stereocenters. The highest BCUT2D eigenvalue weighted by Crippen LogP contribution is 2.35. The van der Waals surface area contributed by atoms with E-state index in [1.165, 1.54) is 12.1 Å². The highest BCUT2D eigenvalue weighted by molar-refractivity contribution is 5.81. The molecule has 1 aliphatic heterocycles. The molecule has 1 aliphatic rings. The quantitative estimate of drug-likeness (QED) is 0.722. The molecule has 0 spiro atoms. The first-order valence-corrected chi connectivity index (χ1v) is 8.76. The number of aromatic amines is 1. The maximum Gasteiger partial charge on any atom is 0.228 e. The summed E-state index contributed by atoms with van der Waals surface area (Å²) in [4.78, 5) is 23.5. The number of aromatic nitrogens is 3. The number of primary amides is 1. The molecule has 1 amide bonds. The summed E-state index contributed by atoms with van der Waals surface area (Å²) in [6.07, 6.45) is 2.59. The van der Waals surface area contributed by atoms with Crippen LogP contribution in [0.4, 0.5) is 4.39 Å². The van der Waals surface area contributed by atoms with Gasteiger partial charge in [-0.1, -0.05) is 0 Å². The molecular weight excluding hydrogens is 363 g/mol. The molecule has 1 aromatic carbocycles. The van der Waals surface area contributed by atoms with Gasteiger partial charge in [0, 0.05) is 23.5 Å². The second-order valence-corrected chi connectivity index (χ2v) is 6.97. The zero-order valence-corrected chi connectivity index (χ0v) is 15.2. The average Bonchev–Trinajstić information content (AvgIpc) is 3.15. The second-order valence-electron chi connectivity index (χ2n) is 6.97. The van der Waals surface area contributed by atoms with Crippen molar-refractivity contribution >= 4 is 5.91 Å². The number of amides is 1. The topological polar surface area (TPSA) is 103 Å². The third-order valence-electron chi connectivity index (χ3n) is 4.73. The number of carbonyl (C=O) groups excluding carboxylic acids is 1. The maximum atomic E-state index is 13.3. The zero-order valence-electron chi connectivity index (χ0n) is 15.2. The Morgan fingerprint density at radius 2 is 1.79 bits per heavy atom. The van der Waals surface area contributed by atoms with Crippen LogP contribution < -0.4 is 5.73 Å². The minimum absolute atomic E-state index is 0.129. The van der Waals surface area contributed by atoms with Crippen LogP contribution in [-0.2, 0) is 14.3 Å². The fourth-order valence-corrected chi connectivity index (χ4v) is 2.96. The van der Waals surface area contributed by atoms with Crippen LogP contribution in [0.15, 0.2) is 48.8 Å². The van der Waals surface area contributed by atoms with Crippen LogP contribution >= 0.6 is 0 Å². The molecular formula is C20H19FN4O3. The van der Waals surface area contributed by atoms with E-state index in [4.69, 9.17) is 15.2 Å². The van der Waals surface area contributed by atoms with Crippen molar-refractivity contribution in [3.8, 4) is 22.5 Å². The summed E-state index contributed by atoms with van der Waals surface area (Å²) in [5.74, 6) is -0.345. The highest BCUT2D eigenvalue weighted by atomic mass is 19.1. The highest BCUT2D eigenvalue weighted by Gasteiger charge is 2.39. The number of carbonyl (C=O) groups is 1. The largest absolute Gasteiger partial charge is 0.369 e. The first-order chi connectivity index (χ1) is 13.5. The predicted octanol–water partition coefficient (Wildman–Crippen LogP) is 2.81. The van der Waals surface area contributed by atoms with Crippen molar-refractivity contribution in [2.75, 3.05) is 13.2 Å². The van der Waals surface area contributed by atoms with Gasteiger partial charge in [-0.25, -0.2) is 9.37 Å². The van der Waals surface area contributed by atoms with Crippen molar-refractivity contribution < 1.29 is 18.7 Å². The minimum atomic E-state index is -0.878. The van der Waals surface area contributed by atoms with Gasteiger partial charge in [0.1, 0.15) is 5.82 Å². The first kappa shape index (κ1) is 18.3. The first-order valence-electron chi connectivity index (χ1n) is 8.76. The zero-order chi connectivity index (χ0) is 19.7. The molecule has 2 aromatic heterocycles. The Bertz CT molecular complexity index is 980.